The minimum absolute atomic E-state index is 0.169. The largest absolute Gasteiger partial charge is 0.467 e. The number of nitrogens with zero attached hydrogens (tertiary/aromatic N) is 1. The van der Waals surface area contributed by atoms with Crippen molar-refractivity contribution in [1.29, 1.82) is 0 Å². The van der Waals surface area contributed by atoms with E-state index in [1.165, 1.54) is 12.0 Å². The molecule has 0 spiro atoms. The molecule has 0 aliphatic carbocycles. The van der Waals surface area contributed by atoms with E-state index in [2.05, 4.69) is 15.9 Å². The Hall–Kier alpha value is -1.40. The van der Waals surface area contributed by atoms with Crippen LogP contribution in [0.15, 0.2) is 22.7 Å². The van der Waals surface area contributed by atoms with E-state index in [1.807, 2.05) is 19.1 Å². The van der Waals surface area contributed by atoms with Crippen LogP contribution >= 0.6 is 15.9 Å². The molecule has 1 aromatic carbocycles. The van der Waals surface area contributed by atoms with Gasteiger partial charge in [-0.05, 0) is 40.5 Å². The Bertz CT molecular complexity index is 532. The molecule has 0 saturated carbocycles. The molecule has 1 aliphatic heterocycles. The quantitative estimate of drug-likeness (QED) is 0.769. The van der Waals surface area contributed by atoms with E-state index in [-0.39, 0.29) is 12.5 Å². The summed E-state index contributed by atoms with van der Waals surface area (Å²) in [6.07, 6.45) is 0. The fourth-order valence-corrected chi connectivity index (χ4v) is 2.79. The number of rotatable bonds is 2. The standard InChI is InChI=1S/C14H16BrNO4/c1-9-3-4-10(11(15)7-9)13(17)16-5-6-20-8-12(16)14(18)19-2/h3-4,7,12H,5-6,8H2,1-2H3. The van der Waals surface area contributed by atoms with E-state index in [4.69, 9.17) is 9.47 Å². The zero-order chi connectivity index (χ0) is 14.7. The Morgan fingerprint density at radius 1 is 1.45 bits per heavy atom. The van der Waals surface area contributed by atoms with E-state index in [0.717, 1.165) is 10.0 Å². The normalized spacial score (nSPS) is 18.8. The topological polar surface area (TPSA) is 55.8 Å². The Labute approximate surface area is 126 Å². The van der Waals surface area contributed by atoms with Crippen molar-refractivity contribution in [1.82, 2.24) is 4.90 Å². The molecule has 1 atom stereocenters. The molecule has 0 N–H and O–H groups in total. The SMILES string of the molecule is COC(=O)C1COCCN1C(=O)c1ccc(C)cc1Br. The van der Waals surface area contributed by atoms with Crippen molar-refractivity contribution in [2.24, 2.45) is 0 Å². The van der Waals surface area contributed by atoms with Crippen LogP contribution in [0.5, 0.6) is 0 Å². The molecule has 6 heteroatoms. The molecule has 0 aromatic heterocycles. The smallest absolute Gasteiger partial charge is 0.331 e. The van der Waals surface area contributed by atoms with Gasteiger partial charge in [0.05, 0.1) is 25.9 Å². The summed E-state index contributed by atoms with van der Waals surface area (Å²) in [5.74, 6) is -0.656. The molecule has 1 fully saturated rings. The number of amides is 1. The summed E-state index contributed by atoms with van der Waals surface area (Å²) in [4.78, 5) is 25.8. The van der Waals surface area contributed by atoms with Crippen molar-refractivity contribution >= 4 is 27.8 Å². The van der Waals surface area contributed by atoms with Crippen LogP contribution in [0.25, 0.3) is 0 Å². The third-order valence-corrected chi connectivity index (χ3v) is 3.87. The van der Waals surface area contributed by atoms with E-state index in [1.54, 1.807) is 6.07 Å². The van der Waals surface area contributed by atoms with E-state index in [0.29, 0.717) is 18.7 Å². The second-order valence-corrected chi connectivity index (χ2v) is 5.45. The molecule has 108 valence electrons. The summed E-state index contributed by atoms with van der Waals surface area (Å²) in [5, 5.41) is 0. The molecule has 1 aliphatic rings. The third kappa shape index (κ3) is 3.02. The fourth-order valence-electron chi connectivity index (χ4n) is 2.13. The van der Waals surface area contributed by atoms with E-state index >= 15 is 0 Å². The number of carbonyl (C=O) groups excluding carboxylic acids is 2. The van der Waals surface area contributed by atoms with E-state index < -0.39 is 12.0 Å². The number of hydrogen-bond donors (Lipinski definition) is 0. The van der Waals surface area contributed by atoms with Crippen LogP contribution < -0.4 is 0 Å². The van der Waals surface area contributed by atoms with Crippen LogP contribution in [-0.2, 0) is 14.3 Å². The highest BCUT2D eigenvalue weighted by atomic mass is 79.9. The maximum atomic E-state index is 12.6. The van der Waals surface area contributed by atoms with Crippen LogP contribution in [0.2, 0.25) is 0 Å². The number of carbonyl (C=O) groups is 2. The predicted molar refractivity (Wildman–Crippen MR) is 76.5 cm³/mol. The van der Waals surface area contributed by atoms with Gasteiger partial charge in [0.2, 0.25) is 0 Å². The first kappa shape index (κ1) is 15.0. The van der Waals surface area contributed by atoms with Crippen molar-refractivity contribution in [3.63, 3.8) is 0 Å². The van der Waals surface area contributed by atoms with Crippen LogP contribution in [0.3, 0.4) is 0 Å². The van der Waals surface area contributed by atoms with Crippen molar-refractivity contribution in [2.75, 3.05) is 26.9 Å². The monoisotopic (exact) mass is 341 g/mol. The minimum atomic E-state index is -0.686. The second kappa shape index (κ2) is 6.37. The van der Waals surface area contributed by atoms with Gasteiger partial charge in [0.15, 0.2) is 6.04 Å². The molecule has 0 radical (unpaired) electrons. The van der Waals surface area contributed by atoms with Crippen molar-refractivity contribution in [2.45, 2.75) is 13.0 Å². The van der Waals surface area contributed by atoms with Gasteiger partial charge >= 0.3 is 5.97 Å². The number of methoxy groups -OCH3 is 1. The number of aryl methyl sites for hydroxylation is 1. The number of hydrogen-bond acceptors (Lipinski definition) is 4. The van der Waals surface area contributed by atoms with Crippen LogP contribution in [0, 0.1) is 6.92 Å². The lowest BCUT2D eigenvalue weighted by molar-refractivity contribution is -0.151. The van der Waals surface area contributed by atoms with Gasteiger partial charge in [0.1, 0.15) is 0 Å². The summed E-state index contributed by atoms with van der Waals surface area (Å²) in [7, 11) is 1.31. The van der Waals surface area contributed by atoms with Crippen molar-refractivity contribution < 1.29 is 19.1 Å². The Kier molecular flexibility index (Phi) is 4.77. The van der Waals surface area contributed by atoms with E-state index in [9.17, 15) is 9.59 Å². The zero-order valence-corrected chi connectivity index (χ0v) is 13.0. The summed E-state index contributed by atoms with van der Waals surface area (Å²) < 4.78 is 10.7. The molecule has 5 nitrogen and oxygen atoms in total. The summed E-state index contributed by atoms with van der Waals surface area (Å²) in [6.45, 7) is 2.91. The number of esters is 1. The highest BCUT2D eigenvalue weighted by Gasteiger charge is 2.34. The average molecular weight is 342 g/mol. The second-order valence-electron chi connectivity index (χ2n) is 4.60. The molecule has 20 heavy (non-hydrogen) atoms. The lowest BCUT2D eigenvalue weighted by atomic mass is 10.1. The predicted octanol–water partition coefficient (Wildman–Crippen LogP) is 1.77. The summed E-state index contributed by atoms with van der Waals surface area (Å²) in [5.41, 5.74) is 1.59. The summed E-state index contributed by atoms with van der Waals surface area (Å²) in [6, 6.07) is 4.81. The molecular formula is C14H16BrNO4. The van der Waals surface area contributed by atoms with Crippen LogP contribution in [0.4, 0.5) is 0 Å². The first-order valence-corrected chi connectivity index (χ1v) is 7.06. The zero-order valence-electron chi connectivity index (χ0n) is 11.4. The van der Waals surface area contributed by atoms with Gasteiger partial charge in [-0.1, -0.05) is 6.07 Å². The average Bonchev–Trinajstić information content (AvgIpc) is 2.46. The number of halogens is 1. The first-order chi connectivity index (χ1) is 9.54. The van der Waals surface area contributed by atoms with Gasteiger partial charge in [0.25, 0.3) is 5.91 Å². The Balaban J connectivity index is 2.27. The van der Waals surface area contributed by atoms with Gasteiger partial charge < -0.3 is 14.4 Å². The maximum Gasteiger partial charge on any atom is 0.331 e. The molecule has 1 amide bonds. The van der Waals surface area contributed by atoms with Gasteiger partial charge in [-0.15, -0.1) is 0 Å². The highest BCUT2D eigenvalue weighted by molar-refractivity contribution is 9.10. The van der Waals surface area contributed by atoms with Crippen molar-refractivity contribution in [3.05, 3.63) is 33.8 Å². The molecule has 1 aromatic rings. The highest BCUT2D eigenvalue weighted by Crippen LogP contribution is 2.22. The first-order valence-electron chi connectivity index (χ1n) is 6.27. The van der Waals surface area contributed by atoms with Gasteiger partial charge in [-0.25, -0.2) is 4.79 Å². The minimum Gasteiger partial charge on any atom is -0.467 e. The van der Waals surface area contributed by atoms with Gasteiger partial charge in [-0.3, -0.25) is 4.79 Å². The van der Waals surface area contributed by atoms with Gasteiger partial charge in [0, 0.05) is 11.0 Å². The number of benzene rings is 1. The van der Waals surface area contributed by atoms with Crippen LogP contribution in [0.1, 0.15) is 15.9 Å². The van der Waals surface area contributed by atoms with Gasteiger partial charge in [-0.2, -0.15) is 0 Å². The number of morpholine rings is 1. The molecule has 2 rings (SSSR count). The Morgan fingerprint density at radius 2 is 2.20 bits per heavy atom. The molecule has 0 bridgehead atoms. The fraction of sp³-hybridized carbons (Fsp3) is 0.429. The molecule has 1 heterocycles. The Morgan fingerprint density at radius 3 is 2.85 bits per heavy atom. The molecular weight excluding hydrogens is 326 g/mol. The van der Waals surface area contributed by atoms with Crippen LogP contribution in [-0.4, -0.2) is 49.7 Å². The number of ether oxygens (including phenoxy) is 2. The third-order valence-electron chi connectivity index (χ3n) is 3.22. The maximum absolute atomic E-state index is 12.6. The lowest BCUT2D eigenvalue weighted by Gasteiger charge is -2.33. The molecule has 1 unspecified atom stereocenters. The lowest BCUT2D eigenvalue weighted by Crippen LogP contribution is -2.53. The summed E-state index contributed by atoms with van der Waals surface area (Å²) >= 11 is 3.39. The molecule has 1 saturated heterocycles. The van der Waals surface area contributed by atoms with Crippen molar-refractivity contribution in [3.8, 4) is 0 Å².